The quantitative estimate of drug-likeness (QED) is 0.197. The van der Waals surface area contributed by atoms with E-state index in [9.17, 15) is 0 Å². The van der Waals surface area contributed by atoms with E-state index in [0.29, 0.717) is 0 Å². The van der Waals surface area contributed by atoms with Gasteiger partial charge < -0.3 is 0 Å². The molecule has 0 atom stereocenters. The van der Waals surface area contributed by atoms with Gasteiger partial charge in [-0.05, 0) is 0 Å². The van der Waals surface area contributed by atoms with Gasteiger partial charge in [-0.3, -0.25) is 0 Å². The Morgan fingerprint density at radius 3 is 0.875 bits per heavy atom. The standard InChI is InChI=1S/2CO.3HI.Ru/c2*1-2;;;;/h;;3*1H;/q;;;;;+2/p-3. The first kappa shape index (κ1) is 16.7. The van der Waals surface area contributed by atoms with Crippen LogP contribution < -0.4 is 0 Å². The van der Waals surface area contributed by atoms with Crippen LogP contribution in [-0.2, 0) is 14.7 Å². The van der Waals surface area contributed by atoms with Crippen LogP contribution in [0.25, 0.3) is 0 Å². The van der Waals surface area contributed by atoms with Crippen LogP contribution >= 0.6 is 59.3 Å². The van der Waals surface area contributed by atoms with Crippen molar-refractivity contribution in [1.82, 2.24) is 0 Å². The summed E-state index contributed by atoms with van der Waals surface area (Å²) in [6.45, 7) is 9.00. The summed E-state index contributed by atoms with van der Waals surface area (Å²) in [5.41, 5.74) is 0. The Balaban J connectivity index is -0.0000000542. The number of rotatable bonds is 0. The molecule has 0 heterocycles. The zero-order valence-corrected chi connectivity index (χ0v) is 11.5. The molecule has 50 valence electrons. The Morgan fingerprint density at radius 2 is 0.875 bits per heavy atom. The third-order valence-corrected chi connectivity index (χ3v) is 0. The molecule has 0 bridgehead atoms. The molecule has 8 heavy (non-hydrogen) atoms. The van der Waals surface area contributed by atoms with Crippen LogP contribution in [0.15, 0.2) is 0 Å². The summed E-state index contributed by atoms with van der Waals surface area (Å²) in [5, 5.41) is -0.260. The van der Waals surface area contributed by atoms with E-state index in [-0.39, 0.29) is 5.41 Å². The van der Waals surface area contributed by atoms with Crippen molar-refractivity contribution in [3.8, 4) is 0 Å². The summed E-state index contributed by atoms with van der Waals surface area (Å²) in [7, 11) is 0. The second-order valence-electron chi connectivity index (χ2n) is 0.152. The Bertz CT molecular complexity index is 52.0. The van der Waals surface area contributed by atoms with Gasteiger partial charge in [0.25, 0.3) is 0 Å². The van der Waals surface area contributed by atoms with Crippen molar-refractivity contribution in [2.45, 2.75) is 0 Å². The van der Waals surface area contributed by atoms with Crippen LogP contribution in [0.1, 0.15) is 0 Å². The molecule has 0 aliphatic heterocycles. The molecule has 0 aliphatic carbocycles. The predicted molar refractivity (Wildman–Crippen MR) is 49.9 cm³/mol. The van der Waals surface area contributed by atoms with Crippen LogP contribution in [0.2, 0.25) is 0 Å². The Morgan fingerprint density at radius 1 is 0.875 bits per heavy atom. The summed E-state index contributed by atoms with van der Waals surface area (Å²) in [4.78, 5) is 0. The topological polar surface area (TPSA) is 39.8 Å². The van der Waals surface area contributed by atoms with Crippen LogP contribution in [-0.4, -0.2) is 0 Å². The van der Waals surface area contributed by atoms with Gasteiger partial charge in [0.15, 0.2) is 0 Å². The maximum absolute atomic E-state index is 7.50. The molecule has 0 saturated carbocycles. The van der Waals surface area contributed by atoms with Crippen molar-refractivity contribution in [3.63, 3.8) is 0 Å². The van der Waals surface area contributed by atoms with Crippen molar-refractivity contribution in [2.24, 2.45) is 0 Å². The molecule has 0 aromatic heterocycles. The number of hydrogen-bond donors (Lipinski definition) is 0. The third kappa shape index (κ3) is 83.9. The van der Waals surface area contributed by atoms with E-state index in [1.54, 1.807) is 0 Å². The maximum atomic E-state index is 7.50. The van der Waals surface area contributed by atoms with E-state index in [2.05, 4.69) is 72.6 Å². The molecule has 2 nitrogen and oxygen atoms in total. The molecule has 0 radical (unpaired) electrons. The molecule has 0 spiro atoms. The number of halogens is 3. The molecule has 6 heteroatoms. The van der Waals surface area contributed by atoms with Gasteiger partial charge in [0.1, 0.15) is 0 Å². The second-order valence-corrected chi connectivity index (χ2v) is 40.3. The molecule has 0 saturated heterocycles. The fourth-order valence-corrected chi connectivity index (χ4v) is 0. The van der Waals surface area contributed by atoms with E-state index in [1.165, 1.54) is 0 Å². The molecule has 0 rings (SSSR count). The van der Waals surface area contributed by atoms with Crippen molar-refractivity contribution >= 4 is 59.3 Å². The first-order chi connectivity index (χ1) is 3.73. The van der Waals surface area contributed by atoms with Gasteiger partial charge in [-0.2, -0.15) is 0 Å². The van der Waals surface area contributed by atoms with Crippen LogP contribution in [0.3, 0.4) is 0 Å². The fourth-order valence-electron chi connectivity index (χ4n) is 0. The van der Waals surface area contributed by atoms with E-state index in [1.807, 2.05) is 0 Å². The molecule has 0 amide bonds. The molecule has 0 aromatic rings. The van der Waals surface area contributed by atoms with Gasteiger partial charge >= 0.3 is 87.3 Å². The SMILES string of the molecule is [C-]#[O+].[C-]#[O+].[I][Ru-]([I])[I]. The van der Waals surface area contributed by atoms with Crippen LogP contribution in [0.5, 0.6) is 0 Å². The van der Waals surface area contributed by atoms with Crippen molar-refractivity contribution < 1.29 is 14.7 Å². The summed E-state index contributed by atoms with van der Waals surface area (Å²) >= 11 is 7.38. The number of hydrogen-bond acceptors (Lipinski definition) is 0. The fraction of sp³-hybridized carbons (Fsp3) is 0. The molecule has 0 aromatic carbocycles. The van der Waals surface area contributed by atoms with Crippen LogP contribution in [0.4, 0.5) is 0 Å². The van der Waals surface area contributed by atoms with Gasteiger partial charge in [-0.1, -0.05) is 0 Å². The van der Waals surface area contributed by atoms with Crippen molar-refractivity contribution in [3.05, 3.63) is 13.3 Å². The Hall–Kier alpha value is 2.29. The average molecular weight is 538 g/mol. The van der Waals surface area contributed by atoms with E-state index < -0.39 is 0 Å². The van der Waals surface area contributed by atoms with Gasteiger partial charge in [0, 0.05) is 0 Å². The first-order valence-electron chi connectivity index (χ1n) is 0.809. The molecule has 0 fully saturated rings. The minimum atomic E-state index is -0.260. The first-order valence-corrected chi connectivity index (χ1v) is 16.3. The zero-order valence-electron chi connectivity index (χ0n) is 3.30. The molecule has 0 aliphatic rings. The summed E-state index contributed by atoms with van der Waals surface area (Å²) < 4.78 is 15.0. The molecule has 0 N–H and O–H groups in total. The van der Waals surface area contributed by atoms with Gasteiger partial charge in [-0.15, -0.1) is 0 Å². The van der Waals surface area contributed by atoms with Gasteiger partial charge in [0.2, 0.25) is 0 Å². The van der Waals surface area contributed by atoms with Crippen molar-refractivity contribution in [1.29, 1.82) is 0 Å². The van der Waals surface area contributed by atoms with Gasteiger partial charge in [-0.25, -0.2) is 0 Å². The van der Waals surface area contributed by atoms with E-state index in [4.69, 9.17) is 9.30 Å². The summed E-state index contributed by atoms with van der Waals surface area (Å²) in [5.74, 6) is 0. The van der Waals surface area contributed by atoms with E-state index >= 15 is 0 Å². The van der Waals surface area contributed by atoms with Crippen molar-refractivity contribution in [2.75, 3.05) is 0 Å². The van der Waals surface area contributed by atoms with E-state index in [0.717, 1.165) is 0 Å². The molecular formula is C2I3O2Ru-. The molecule has 0 unspecified atom stereocenters. The Kier molecular flexibility index (Phi) is 47.7. The molecular weight excluding hydrogens is 538 g/mol. The predicted octanol–water partition coefficient (Wildman–Crippen LogP) is 2.58. The average Bonchev–Trinajstić information content (AvgIpc) is 1.75. The van der Waals surface area contributed by atoms with Gasteiger partial charge in [0.05, 0.1) is 0 Å². The minimum absolute atomic E-state index is 0.260. The van der Waals surface area contributed by atoms with Crippen LogP contribution in [0, 0.1) is 13.3 Å². The second kappa shape index (κ2) is 22.8. The normalized spacial score (nSPS) is 6.12. The third-order valence-electron chi connectivity index (χ3n) is 0. The monoisotopic (exact) mass is 539 g/mol. The summed E-state index contributed by atoms with van der Waals surface area (Å²) in [6.07, 6.45) is 0. The zero-order chi connectivity index (χ0) is 7.58. The summed E-state index contributed by atoms with van der Waals surface area (Å²) in [6, 6.07) is 0. The Labute approximate surface area is 85.4 Å².